The lowest BCUT2D eigenvalue weighted by Gasteiger charge is -2.18. The van der Waals surface area contributed by atoms with Gasteiger partial charge in [-0.1, -0.05) is 29.3 Å². The van der Waals surface area contributed by atoms with Gasteiger partial charge in [0.15, 0.2) is 11.5 Å². The molecule has 3 nitrogen and oxygen atoms in total. The average Bonchev–Trinajstić information content (AvgIpc) is 2.46. The number of hydrogen-bond acceptors (Lipinski definition) is 3. The average molecular weight is 330 g/mol. The van der Waals surface area contributed by atoms with Gasteiger partial charge in [-0.05, 0) is 23.8 Å². The van der Waals surface area contributed by atoms with Crippen molar-refractivity contribution in [2.24, 2.45) is 5.73 Å². The summed E-state index contributed by atoms with van der Waals surface area (Å²) >= 11 is 11.9. The molecule has 0 heterocycles. The van der Waals surface area contributed by atoms with Crippen molar-refractivity contribution in [1.82, 2.24) is 0 Å². The Morgan fingerprint density at radius 3 is 2.19 bits per heavy atom. The van der Waals surface area contributed by atoms with E-state index in [-0.39, 0.29) is 0 Å². The highest BCUT2D eigenvalue weighted by molar-refractivity contribution is 6.31. The number of rotatable bonds is 4. The van der Waals surface area contributed by atoms with E-state index in [0.717, 1.165) is 0 Å². The molecule has 112 valence electrons. The van der Waals surface area contributed by atoms with Gasteiger partial charge in [0.05, 0.1) is 20.3 Å². The van der Waals surface area contributed by atoms with Gasteiger partial charge in [-0.2, -0.15) is 0 Å². The summed E-state index contributed by atoms with van der Waals surface area (Å²) in [5.41, 5.74) is 6.96. The van der Waals surface area contributed by atoms with Crippen LogP contribution in [0.15, 0.2) is 30.3 Å². The SMILES string of the molecule is COc1cc(Cl)c(C(N)c2ccc(Cl)cc2F)cc1OC. The van der Waals surface area contributed by atoms with Gasteiger partial charge in [0, 0.05) is 21.7 Å². The van der Waals surface area contributed by atoms with Gasteiger partial charge < -0.3 is 15.2 Å². The van der Waals surface area contributed by atoms with Crippen molar-refractivity contribution in [3.63, 3.8) is 0 Å². The maximum absolute atomic E-state index is 14.0. The highest BCUT2D eigenvalue weighted by atomic mass is 35.5. The molecule has 2 rings (SSSR count). The molecule has 0 aliphatic heterocycles. The number of nitrogens with two attached hydrogens (primary N) is 1. The smallest absolute Gasteiger partial charge is 0.162 e. The minimum atomic E-state index is -0.741. The van der Waals surface area contributed by atoms with E-state index < -0.39 is 11.9 Å². The van der Waals surface area contributed by atoms with Crippen molar-refractivity contribution in [3.05, 3.63) is 57.3 Å². The molecule has 0 aromatic heterocycles. The molecule has 0 fully saturated rings. The summed E-state index contributed by atoms with van der Waals surface area (Å²) in [7, 11) is 3.01. The Bertz CT molecular complexity index is 664. The predicted molar refractivity (Wildman–Crippen MR) is 82.0 cm³/mol. The van der Waals surface area contributed by atoms with E-state index in [1.165, 1.54) is 26.4 Å². The largest absolute Gasteiger partial charge is 0.493 e. The molecule has 0 radical (unpaired) electrons. The number of hydrogen-bond donors (Lipinski definition) is 1. The summed E-state index contributed by atoms with van der Waals surface area (Å²) in [4.78, 5) is 0. The first-order chi connectivity index (χ1) is 9.97. The summed E-state index contributed by atoms with van der Waals surface area (Å²) < 4.78 is 24.4. The van der Waals surface area contributed by atoms with Crippen LogP contribution in [0.5, 0.6) is 11.5 Å². The summed E-state index contributed by atoms with van der Waals surface area (Å²) in [6, 6.07) is 6.81. The normalized spacial score (nSPS) is 12.1. The molecule has 21 heavy (non-hydrogen) atoms. The third-order valence-electron chi connectivity index (χ3n) is 3.14. The van der Waals surface area contributed by atoms with Crippen LogP contribution in [0, 0.1) is 5.82 Å². The second kappa shape index (κ2) is 6.52. The molecule has 1 unspecified atom stereocenters. The zero-order valence-electron chi connectivity index (χ0n) is 11.5. The summed E-state index contributed by atoms with van der Waals surface area (Å²) in [6.07, 6.45) is 0. The van der Waals surface area contributed by atoms with E-state index in [9.17, 15) is 4.39 Å². The molecule has 1 atom stereocenters. The van der Waals surface area contributed by atoms with Gasteiger partial charge in [-0.3, -0.25) is 0 Å². The summed E-state index contributed by atoms with van der Waals surface area (Å²) in [5.74, 6) is 0.470. The highest BCUT2D eigenvalue weighted by Gasteiger charge is 2.19. The van der Waals surface area contributed by atoms with Crippen LogP contribution < -0.4 is 15.2 Å². The van der Waals surface area contributed by atoms with Crippen LogP contribution in [0.3, 0.4) is 0 Å². The number of benzene rings is 2. The van der Waals surface area contributed by atoms with Crippen LogP contribution in [-0.4, -0.2) is 14.2 Å². The van der Waals surface area contributed by atoms with Crippen LogP contribution in [-0.2, 0) is 0 Å². The van der Waals surface area contributed by atoms with Crippen molar-refractivity contribution in [3.8, 4) is 11.5 Å². The first kappa shape index (κ1) is 15.9. The van der Waals surface area contributed by atoms with Crippen molar-refractivity contribution in [1.29, 1.82) is 0 Å². The molecular weight excluding hydrogens is 316 g/mol. The van der Waals surface area contributed by atoms with Crippen LogP contribution in [0.2, 0.25) is 10.0 Å². The van der Waals surface area contributed by atoms with E-state index in [4.69, 9.17) is 38.4 Å². The van der Waals surface area contributed by atoms with Gasteiger partial charge in [-0.25, -0.2) is 4.39 Å². The number of ether oxygens (including phenoxy) is 2. The third-order valence-corrected chi connectivity index (χ3v) is 3.70. The Morgan fingerprint density at radius 2 is 1.62 bits per heavy atom. The van der Waals surface area contributed by atoms with Crippen molar-refractivity contribution < 1.29 is 13.9 Å². The van der Waals surface area contributed by atoms with Gasteiger partial charge in [-0.15, -0.1) is 0 Å². The first-order valence-corrected chi connectivity index (χ1v) is 6.85. The molecule has 2 aromatic rings. The quantitative estimate of drug-likeness (QED) is 0.914. The summed E-state index contributed by atoms with van der Waals surface area (Å²) in [6.45, 7) is 0. The van der Waals surface area contributed by atoms with Crippen LogP contribution in [0.1, 0.15) is 17.2 Å². The van der Waals surface area contributed by atoms with E-state index in [0.29, 0.717) is 32.7 Å². The lowest BCUT2D eigenvalue weighted by molar-refractivity contribution is 0.354. The fraction of sp³-hybridized carbons (Fsp3) is 0.200. The van der Waals surface area contributed by atoms with Gasteiger partial charge in [0.25, 0.3) is 0 Å². The zero-order valence-corrected chi connectivity index (χ0v) is 13.0. The molecule has 2 aromatic carbocycles. The van der Waals surface area contributed by atoms with E-state index in [2.05, 4.69) is 0 Å². The molecule has 0 saturated carbocycles. The zero-order chi connectivity index (χ0) is 15.6. The monoisotopic (exact) mass is 329 g/mol. The maximum atomic E-state index is 14.0. The van der Waals surface area contributed by atoms with Gasteiger partial charge in [0.1, 0.15) is 5.82 Å². The Hall–Kier alpha value is -1.49. The molecule has 0 saturated heterocycles. The maximum Gasteiger partial charge on any atom is 0.162 e. The fourth-order valence-corrected chi connectivity index (χ4v) is 2.46. The molecule has 0 amide bonds. The standard InChI is InChI=1S/C15H14Cl2FNO2/c1-20-13-6-10(11(17)7-14(13)21-2)15(19)9-4-3-8(16)5-12(9)18/h3-7,15H,19H2,1-2H3. The topological polar surface area (TPSA) is 44.5 Å². The third kappa shape index (κ3) is 3.23. The van der Waals surface area contributed by atoms with E-state index >= 15 is 0 Å². The molecule has 6 heteroatoms. The number of halogens is 3. The lowest BCUT2D eigenvalue weighted by Crippen LogP contribution is -2.14. The molecular formula is C15H14Cl2FNO2. The lowest BCUT2D eigenvalue weighted by atomic mass is 9.98. The van der Waals surface area contributed by atoms with Crippen LogP contribution in [0.25, 0.3) is 0 Å². The second-order valence-corrected chi connectivity index (χ2v) is 5.22. The summed E-state index contributed by atoms with van der Waals surface area (Å²) in [5, 5.41) is 0.677. The minimum absolute atomic E-state index is 0.300. The Kier molecular flexibility index (Phi) is 4.93. The Labute approximate surface area is 132 Å². The van der Waals surface area contributed by atoms with Crippen LogP contribution >= 0.6 is 23.2 Å². The Morgan fingerprint density at radius 1 is 1.00 bits per heavy atom. The van der Waals surface area contributed by atoms with Crippen LogP contribution in [0.4, 0.5) is 4.39 Å². The first-order valence-electron chi connectivity index (χ1n) is 6.10. The fourth-order valence-electron chi connectivity index (χ4n) is 2.03. The van der Waals surface area contributed by atoms with Crippen molar-refractivity contribution in [2.45, 2.75) is 6.04 Å². The molecule has 2 N–H and O–H groups in total. The number of methoxy groups -OCH3 is 2. The molecule has 0 bridgehead atoms. The Balaban J connectivity index is 2.50. The van der Waals surface area contributed by atoms with Gasteiger partial charge in [0.2, 0.25) is 0 Å². The molecule has 0 aliphatic rings. The van der Waals surface area contributed by atoms with E-state index in [1.54, 1.807) is 18.2 Å². The molecule has 0 aliphatic carbocycles. The van der Waals surface area contributed by atoms with Crippen molar-refractivity contribution in [2.75, 3.05) is 14.2 Å². The van der Waals surface area contributed by atoms with Crippen molar-refractivity contribution >= 4 is 23.2 Å². The second-order valence-electron chi connectivity index (χ2n) is 4.37. The predicted octanol–water partition coefficient (Wildman–Crippen LogP) is 4.20. The van der Waals surface area contributed by atoms with Gasteiger partial charge >= 0.3 is 0 Å². The minimum Gasteiger partial charge on any atom is -0.493 e. The molecule has 0 spiro atoms. The highest BCUT2D eigenvalue weighted by Crippen LogP contribution is 2.37. The van der Waals surface area contributed by atoms with E-state index in [1.807, 2.05) is 0 Å².